The van der Waals surface area contributed by atoms with Crippen LogP contribution in [0.3, 0.4) is 0 Å². The lowest BCUT2D eigenvalue weighted by Gasteiger charge is -2.15. The summed E-state index contributed by atoms with van der Waals surface area (Å²) >= 11 is 0. The molecule has 0 rings (SSSR count). The molecule has 2 atom stereocenters. The van der Waals surface area contributed by atoms with E-state index in [4.69, 9.17) is 13.8 Å². The molecule has 3 N–H and O–H groups in total. The van der Waals surface area contributed by atoms with Crippen molar-refractivity contribution in [2.24, 2.45) is 0 Å². The molecule has 0 aromatic carbocycles. The molecule has 0 aromatic rings. The summed E-state index contributed by atoms with van der Waals surface area (Å²) in [4.78, 5) is 34.0. The van der Waals surface area contributed by atoms with E-state index in [2.05, 4.69) is 79.9 Å². The Balaban J connectivity index is 3.60. The summed E-state index contributed by atoms with van der Waals surface area (Å²) in [7, 11) is -4.43. The Morgan fingerprint density at radius 2 is 0.900 bits per heavy atom. The number of amides is 1. The summed E-state index contributed by atoms with van der Waals surface area (Å²) in [6.07, 6.45) is 55.8. The highest BCUT2D eigenvalue weighted by Gasteiger charge is 2.23. The van der Waals surface area contributed by atoms with Crippen molar-refractivity contribution in [3.8, 4) is 0 Å². The monoisotopic (exact) mass is 864 g/mol. The molecule has 0 bridgehead atoms. The number of aliphatic hydroxyl groups is 1. The van der Waals surface area contributed by atoms with Gasteiger partial charge >= 0.3 is 13.8 Å². The summed E-state index contributed by atoms with van der Waals surface area (Å²) in [6.45, 7) is 3.50. The first-order chi connectivity index (χ1) is 29.3. The molecule has 0 heterocycles. The van der Waals surface area contributed by atoms with Crippen LogP contribution >= 0.6 is 7.82 Å². The Bertz CT molecular complexity index is 1170. The summed E-state index contributed by atoms with van der Waals surface area (Å²) in [5, 5.41) is 12.7. The molecule has 0 aromatic heterocycles. The van der Waals surface area contributed by atoms with Crippen molar-refractivity contribution >= 4 is 19.7 Å². The zero-order valence-corrected chi connectivity index (χ0v) is 39.3. The number of nitrogens with one attached hydrogen (secondary N) is 1. The Morgan fingerprint density at radius 3 is 1.38 bits per heavy atom. The van der Waals surface area contributed by atoms with E-state index in [9.17, 15) is 24.2 Å². The number of hydrogen-bond donors (Lipinski definition) is 3. The summed E-state index contributed by atoms with van der Waals surface area (Å²) in [6, 6.07) is 0. The van der Waals surface area contributed by atoms with Crippen LogP contribution in [0.1, 0.15) is 213 Å². The first-order valence-corrected chi connectivity index (χ1v) is 25.8. The number of phosphoric acid groups is 1. The zero-order chi connectivity index (χ0) is 43.9. The lowest BCUT2D eigenvalue weighted by Crippen LogP contribution is -2.27. The molecule has 0 fully saturated rings. The van der Waals surface area contributed by atoms with Crippen LogP contribution in [-0.4, -0.2) is 54.3 Å². The first kappa shape index (κ1) is 57.7. The van der Waals surface area contributed by atoms with E-state index in [1.807, 2.05) is 0 Å². The molecule has 0 aliphatic heterocycles. The van der Waals surface area contributed by atoms with Crippen molar-refractivity contribution in [3.05, 3.63) is 60.8 Å². The standard InChI is InChI=1S/C50H90NO8P/c1-3-5-7-9-11-13-15-17-19-21-22-23-24-25-26-27-29-31-33-35-37-39-41-43-50(54)57-46-48(52)47-59-60(55,56)58-45-44-51-49(53)42-40-38-36-34-32-30-28-20-18-16-14-12-10-8-6-4-2/h11,13-14,16-17,19-20,22-23,28,48,52H,3-10,12,15,18,21,24-27,29-47H2,1-2H3,(H,51,53)(H,55,56)/b13-11-,16-14-,19-17-,23-22-,28-20-. The van der Waals surface area contributed by atoms with Crippen LogP contribution in [0.15, 0.2) is 60.8 Å². The average molecular weight is 864 g/mol. The molecule has 0 spiro atoms. The molecular formula is C50H90NO8P. The molecule has 9 nitrogen and oxygen atoms in total. The predicted octanol–water partition coefficient (Wildman–Crippen LogP) is 14.1. The van der Waals surface area contributed by atoms with Crippen LogP contribution in [0.4, 0.5) is 0 Å². The van der Waals surface area contributed by atoms with E-state index >= 15 is 0 Å². The number of unbranched alkanes of at least 4 members (excludes halogenated alkanes) is 22. The largest absolute Gasteiger partial charge is 0.472 e. The number of carbonyl (C=O) groups excluding carboxylic acids is 2. The highest BCUT2D eigenvalue weighted by molar-refractivity contribution is 7.47. The number of phosphoric ester groups is 1. The number of carbonyl (C=O) groups is 2. The molecule has 0 saturated heterocycles. The summed E-state index contributed by atoms with van der Waals surface area (Å²) < 4.78 is 26.9. The second-order valence-corrected chi connectivity index (χ2v) is 17.5. The van der Waals surface area contributed by atoms with Crippen LogP contribution in [-0.2, 0) is 27.9 Å². The van der Waals surface area contributed by atoms with Crippen molar-refractivity contribution < 1.29 is 37.9 Å². The Morgan fingerprint density at radius 1 is 0.517 bits per heavy atom. The van der Waals surface area contributed by atoms with Gasteiger partial charge in [0.1, 0.15) is 12.7 Å². The summed E-state index contributed by atoms with van der Waals surface area (Å²) in [5.41, 5.74) is 0. The number of rotatable bonds is 45. The van der Waals surface area contributed by atoms with Crippen LogP contribution in [0, 0.1) is 0 Å². The van der Waals surface area contributed by atoms with Gasteiger partial charge in [-0.05, 0) is 83.5 Å². The minimum atomic E-state index is -4.43. The fourth-order valence-corrected chi connectivity index (χ4v) is 7.23. The second-order valence-electron chi connectivity index (χ2n) is 16.1. The number of aliphatic hydroxyl groups excluding tert-OH is 1. The van der Waals surface area contributed by atoms with Gasteiger partial charge in [-0.15, -0.1) is 0 Å². The molecule has 2 unspecified atom stereocenters. The predicted molar refractivity (Wildman–Crippen MR) is 252 cm³/mol. The van der Waals surface area contributed by atoms with Gasteiger partial charge in [-0.3, -0.25) is 18.6 Å². The third-order valence-corrected chi connectivity index (χ3v) is 11.2. The maximum atomic E-state index is 12.1. The first-order valence-electron chi connectivity index (χ1n) is 24.3. The minimum Gasteiger partial charge on any atom is -0.463 e. The molecule has 348 valence electrons. The van der Waals surface area contributed by atoms with E-state index in [1.54, 1.807) is 0 Å². The van der Waals surface area contributed by atoms with E-state index < -0.39 is 26.5 Å². The van der Waals surface area contributed by atoms with Crippen molar-refractivity contribution in [1.29, 1.82) is 0 Å². The third-order valence-electron chi connectivity index (χ3n) is 10.2. The zero-order valence-electron chi connectivity index (χ0n) is 38.4. The fraction of sp³-hybridized carbons (Fsp3) is 0.760. The maximum absolute atomic E-state index is 12.1. The smallest absolute Gasteiger partial charge is 0.463 e. The quantitative estimate of drug-likeness (QED) is 0.0239. The Labute approximate surface area is 368 Å². The van der Waals surface area contributed by atoms with Crippen molar-refractivity contribution in [2.45, 2.75) is 219 Å². The molecule has 1 amide bonds. The average Bonchev–Trinajstić information content (AvgIpc) is 3.23. The number of ether oxygens (including phenoxy) is 1. The molecule has 60 heavy (non-hydrogen) atoms. The van der Waals surface area contributed by atoms with Crippen LogP contribution < -0.4 is 5.32 Å². The van der Waals surface area contributed by atoms with Crippen molar-refractivity contribution in [3.63, 3.8) is 0 Å². The molecule has 0 aliphatic carbocycles. The van der Waals surface area contributed by atoms with Gasteiger partial charge < -0.3 is 20.1 Å². The number of esters is 1. The molecular weight excluding hydrogens is 774 g/mol. The number of allylic oxidation sites excluding steroid dienone is 10. The van der Waals surface area contributed by atoms with Gasteiger partial charge in [0.2, 0.25) is 5.91 Å². The van der Waals surface area contributed by atoms with Crippen molar-refractivity contribution in [1.82, 2.24) is 5.32 Å². The van der Waals surface area contributed by atoms with Gasteiger partial charge in [0.15, 0.2) is 0 Å². The molecule has 0 aliphatic rings. The highest BCUT2D eigenvalue weighted by Crippen LogP contribution is 2.42. The van der Waals surface area contributed by atoms with Gasteiger partial charge in [0, 0.05) is 19.4 Å². The van der Waals surface area contributed by atoms with E-state index in [0.29, 0.717) is 6.42 Å². The highest BCUT2D eigenvalue weighted by atomic mass is 31.2. The Kier molecular flexibility index (Phi) is 44.5. The Hall–Kier alpha value is -2.29. The normalized spacial score (nSPS) is 13.7. The minimum absolute atomic E-state index is 0.0719. The lowest BCUT2D eigenvalue weighted by atomic mass is 10.1. The van der Waals surface area contributed by atoms with Gasteiger partial charge in [-0.25, -0.2) is 4.57 Å². The third kappa shape index (κ3) is 46.8. The van der Waals surface area contributed by atoms with Crippen LogP contribution in [0.2, 0.25) is 0 Å². The van der Waals surface area contributed by atoms with Crippen LogP contribution in [0.25, 0.3) is 0 Å². The van der Waals surface area contributed by atoms with Gasteiger partial charge in [-0.1, -0.05) is 177 Å². The number of hydrogen-bond acceptors (Lipinski definition) is 7. The SMILES string of the molecule is CCCCC/C=C\C/C=C\C/C=C\CCCCCCCCCCCCC(=O)OCC(O)COP(=O)(O)OCCNC(=O)CCCCCCC/C=C\C/C=C\CCCCCC. The van der Waals surface area contributed by atoms with E-state index in [-0.39, 0.29) is 32.1 Å². The maximum Gasteiger partial charge on any atom is 0.472 e. The molecule has 0 radical (unpaired) electrons. The topological polar surface area (TPSA) is 131 Å². The van der Waals surface area contributed by atoms with Gasteiger partial charge in [0.25, 0.3) is 0 Å². The van der Waals surface area contributed by atoms with Gasteiger partial charge in [-0.2, -0.15) is 0 Å². The lowest BCUT2D eigenvalue weighted by molar-refractivity contribution is -0.147. The molecule has 0 saturated carbocycles. The van der Waals surface area contributed by atoms with E-state index in [1.165, 1.54) is 109 Å². The van der Waals surface area contributed by atoms with Crippen molar-refractivity contribution in [2.75, 3.05) is 26.4 Å². The van der Waals surface area contributed by atoms with Crippen LogP contribution in [0.5, 0.6) is 0 Å². The van der Waals surface area contributed by atoms with E-state index in [0.717, 1.165) is 77.0 Å². The molecule has 10 heteroatoms. The summed E-state index contributed by atoms with van der Waals surface area (Å²) in [5.74, 6) is -0.534. The second kappa shape index (κ2) is 46.2. The fourth-order valence-electron chi connectivity index (χ4n) is 6.48. The van der Waals surface area contributed by atoms with Gasteiger partial charge in [0.05, 0.1) is 13.2 Å².